The molecule has 1 aliphatic rings. The molecule has 29 heavy (non-hydrogen) atoms. The highest BCUT2D eigenvalue weighted by Gasteiger charge is 2.28. The Morgan fingerprint density at radius 2 is 2.07 bits per heavy atom. The van der Waals surface area contributed by atoms with Crippen molar-refractivity contribution < 1.29 is 13.7 Å². The number of nitrogens with one attached hydrogen (secondary N) is 1. The van der Waals surface area contributed by atoms with Crippen LogP contribution in [0.15, 0.2) is 47.2 Å². The summed E-state index contributed by atoms with van der Waals surface area (Å²) in [5.74, 6) is 0.677. The summed E-state index contributed by atoms with van der Waals surface area (Å²) >= 11 is 0. The number of piperazine rings is 1. The van der Waals surface area contributed by atoms with Crippen molar-refractivity contribution in [3.8, 4) is 11.6 Å². The smallest absolute Gasteiger partial charge is 0.240 e. The molecule has 1 amide bonds. The second kappa shape index (κ2) is 9.53. The molecule has 3 aromatic rings. The van der Waals surface area contributed by atoms with E-state index in [0.717, 1.165) is 5.56 Å². The highest BCUT2D eigenvalue weighted by molar-refractivity contribution is 5.85. The van der Waals surface area contributed by atoms with Gasteiger partial charge >= 0.3 is 0 Å². The maximum atomic E-state index is 13.6. The topological polar surface area (TPSA) is 97.0 Å². The summed E-state index contributed by atoms with van der Waals surface area (Å²) in [4.78, 5) is 27.0. The van der Waals surface area contributed by atoms with Gasteiger partial charge in [0.25, 0.3) is 0 Å². The van der Waals surface area contributed by atoms with Crippen molar-refractivity contribution in [1.82, 2.24) is 30.3 Å². The zero-order valence-electron chi connectivity index (χ0n) is 15.5. The zero-order valence-corrected chi connectivity index (χ0v) is 16.3. The molecular formula is C19H20ClFN6O2. The molecule has 0 spiro atoms. The fraction of sp³-hybridized carbons (Fsp3) is 0.316. The van der Waals surface area contributed by atoms with Crippen LogP contribution in [0.2, 0.25) is 0 Å². The van der Waals surface area contributed by atoms with Crippen LogP contribution < -0.4 is 5.32 Å². The summed E-state index contributed by atoms with van der Waals surface area (Å²) in [6, 6.07) is 7.87. The molecule has 10 heteroatoms. The van der Waals surface area contributed by atoms with E-state index < -0.39 is 0 Å². The van der Waals surface area contributed by atoms with Crippen molar-refractivity contribution >= 4 is 18.3 Å². The van der Waals surface area contributed by atoms with E-state index in [1.165, 1.54) is 12.1 Å². The first-order chi connectivity index (χ1) is 13.7. The van der Waals surface area contributed by atoms with Crippen LogP contribution in [0.4, 0.5) is 4.39 Å². The van der Waals surface area contributed by atoms with Gasteiger partial charge in [0.2, 0.25) is 23.4 Å². The van der Waals surface area contributed by atoms with Gasteiger partial charge in [0, 0.05) is 44.9 Å². The van der Waals surface area contributed by atoms with Crippen molar-refractivity contribution in [2.24, 2.45) is 0 Å². The largest absolute Gasteiger partial charge is 0.339 e. The number of rotatable bonds is 5. The average molecular weight is 419 g/mol. The van der Waals surface area contributed by atoms with Gasteiger partial charge in [-0.1, -0.05) is 17.3 Å². The van der Waals surface area contributed by atoms with E-state index in [-0.39, 0.29) is 36.6 Å². The van der Waals surface area contributed by atoms with Gasteiger partial charge in [0.1, 0.15) is 5.82 Å². The molecule has 1 aromatic carbocycles. The number of nitrogens with zero attached hydrogens (tertiary/aromatic N) is 5. The number of hydrogen-bond acceptors (Lipinski definition) is 7. The van der Waals surface area contributed by atoms with E-state index in [9.17, 15) is 9.18 Å². The Balaban J connectivity index is 0.00000240. The second-order valence-corrected chi connectivity index (χ2v) is 6.45. The van der Waals surface area contributed by atoms with E-state index in [0.29, 0.717) is 43.6 Å². The van der Waals surface area contributed by atoms with Crippen molar-refractivity contribution in [2.75, 3.05) is 19.6 Å². The van der Waals surface area contributed by atoms with E-state index in [1.807, 2.05) is 6.07 Å². The highest BCUT2D eigenvalue weighted by atomic mass is 35.5. The Kier molecular flexibility index (Phi) is 6.84. The van der Waals surface area contributed by atoms with Crippen molar-refractivity contribution in [1.29, 1.82) is 0 Å². The summed E-state index contributed by atoms with van der Waals surface area (Å²) in [7, 11) is 0. The molecule has 1 fully saturated rings. The van der Waals surface area contributed by atoms with Gasteiger partial charge in [-0.05, 0) is 23.8 Å². The molecule has 8 nitrogen and oxygen atoms in total. The van der Waals surface area contributed by atoms with E-state index >= 15 is 0 Å². The highest BCUT2D eigenvalue weighted by Crippen LogP contribution is 2.24. The number of halogens is 2. The molecule has 0 bridgehead atoms. The first-order valence-electron chi connectivity index (χ1n) is 9.06. The number of hydrogen-bond donors (Lipinski definition) is 1. The minimum atomic E-state index is -0.308. The normalized spacial score (nSPS) is 16.3. The lowest BCUT2D eigenvalue weighted by molar-refractivity contribution is -0.134. The molecule has 2 aromatic heterocycles. The summed E-state index contributed by atoms with van der Waals surface area (Å²) in [6.07, 6.45) is 3.74. The lowest BCUT2D eigenvalue weighted by atomic mass is 10.0. The van der Waals surface area contributed by atoms with Crippen LogP contribution in [-0.4, -0.2) is 50.5 Å². The molecule has 0 radical (unpaired) electrons. The lowest BCUT2D eigenvalue weighted by Gasteiger charge is -2.36. The third kappa shape index (κ3) is 4.93. The first kappa shape index (κ1) is 20.8. The van der Waals surface area contributed by atoms with Gasteiger partial charge in [-0.15, -0.1) is 12.4 Å². The molecule has 1 saturated heterocycles. The molecule has 152 valence electrons. The van der Waals surface area contributed by atoms with Gasteiger partial charge in [0.05, 0.1) is 6.04 Å². The standard InChI is InChI=1S/C19H19FN6O2.ClH/c20-14-4-1-3-13(11-14)15-12-21-9-10-26(15)17(27)6-5-16-24-19(25-28-16)18-22-7-2-8-23-18;/h1-4,7-8,11,15,21H,5-6,9-10,12H2;1H. The fourth-order valence-corrected chi connectivity index (χ4v) is 3.23. The number of aromatic nitrogens is 4. The number of carbonyl (C=O) groups excluding carboxylic acids is 1. The van der Waals surface area contributed by atoms with Crippen LogP contribution in [0.5, 0.6) is 0 Å². The third-order valence-electron chi connectivity index (χ3n) is 4.58. The van der Waals surface area contributed by atoms with Crippen molar-refractivity contribution in [3.05, 3.63) is 60.0 Å². The predicted octanol–water partition coefficient (Wildman–Crippen LogP) is 2.19. The molecule has 3 heterocycles. The van der Waals surface area contributed by atoms with Crippen LogP contribution in [0.25, 0.3) is 11.6 Å². The van der Waals surface area contributed by atoms with Gasteiger partial charge in [0.15, 0.2) is 0 Å². The Morgan fingerprint density at radius 1 is 1.24 bits per heavy atom. The summed E-state index contributed by atoms with van der Waals surface area (Å²) in [5.41, 5.74) is 0.779. The van der Waals surface area contributed by atoms with Gasteiger partial charge in [-0.3, -0.25) is 4.79 Å². The van der Waals surface area contributed by atoms with Crippen molar-refractivity contribution in [2.45, 2.75) is 18.9 Å². The quantitative estimate of drug-likeness (QED) is 0.678. The minimum Gasteiger partial charge on any atom is -0.339 e. The Morgan fingerprint density at radius 3 is 2.86 bits per heavy atom. The lowest BCUT2D eigenvalue weighted by Crippen LogP contribution is -2.48. The monoisotopic (exact) mass is 418 g/mol. The molecular weight excluding hydrogens is 399 g/mol. The van der Waals surface area contributed by atoms with Crippen molar-refractivity contribution in [3.63, 3.8) is 0 Å². The Labute approximate surface area is 173 Å². The fourth-order valence-electron chi connectivity index (χ4n) is 3.23. The molecule has 1 unspecified atom stereocenters. The average Bonchev–Trinajstić information content (AvgIpc) is 3.22. The molecule has 0 saturated carbocycles. The first-order valence-corrected chi connectivity index (χ1v) is 9.06. The Hall–Kier alpha value is -2.91. The molecule has 1 N–H and O–H groups in total. The van der Waals surface area contributed by atoms with E-state index in [4.69, 9.17) is 4.52 Å². The summed E-state index contributed by atoms with van der Waals surface area (Å²) in [6.45, 7) is 1.85. The van der Waals surface area contributed by atoms with Gasteiger partial charge in [-0.2, -0.15) is 4.98 Å². The summed E-state index contributed by atoms with van der Waals surface area (Å²) < 4.78 is 18.8. The van der Waals surface area contributed by atoms with Crippen LogP contribution in [0, 0.1) is 5.82 Å². The van der Waals surface area contributed by atoms with Crippen LogP contribution in [0.1, 0.15) is 23.9 Å². The maximum absolute atomic E-state index is 13.6. The molecule has 1 aliphatic heterocycles. The number of benzene rings is 1. The maximum Gasteiger partial charge on any atom is 0.240 e. The summed E-state index contributed by atoms with van der Waals surface area (Å²) in [5, 5.41) is 7.12. The minimum absolute atomic E-state index is 0. The SMILES string of the molecule is Cl.O=C(CCc1nc(-c2ncccn2)no1)N1CCNCC1c1cccc(F)c1. The molecule has 0 aliphatic carbocycles. The van der Waals surface area contributed by atoms with E-state index in [1.54, 1.807) is 29.4 Å². The third-order valence-corrected chi connectivity index (χ3v) is 4.58. The van der Waals surface area contributed by atoms with Crippen LogP contribution in [-0.2, 0) is 11.2 Å². The van der Waals surface area contributed by atoms with E-state index in [2.05, 4.69) is 25.4 Å². The number of aryl methyl sites for hydroxylation is 1. The van der Waals surface area contributed by atoms with Crippen LogP contribution >= 0.6 is 12.4 Å². The van der Waals surface area contributed by atoms with Crippen LogP contribution in [0.3, 0.4) is 0 Å². The zero-order chi connectivity index (χ0) is 19.3. The second-order valence-electron chi connectivity index (χ2n) is 6.45. The predicted molar refractivity (Wildman–Crippen MR) is 105 cm³/mol. The van der Waals surface area contributed by atoms with Gasteiger partial charge in [-0.25, -0.2) is 14.4 Å². The van der Waals surface area contributed by atoms with Gasteiger partial charge < -0.3 is 14.7 Å². The number of carbonyl (C=O) groups is 1. The Bertz CT molecular complexity index is 955. The molecule has 4 rings (SSSR count). The number of amides is 1. The molecule has 1 atom stereocenters.